The van der Waals surface area contributed by atoms with Gasteiger partial charge in [-0.3, -0.25) is 0 Å². The van der Waals surface area contributed by atoms with E-state index in [1.165, 1.54) is 6.07 Å². The van der Waals surface area contributed by atoms with E-state index in [-0.39, 0.29) is 0 Å². The molecule has 0 fully saturated rings. The predicted octanol–water partition coefficient (Wildman–Crippen LogP) is 1.83. The molecule has 0 spiro atoms. The second kappa shape index (κ2) is 3.91. The van der Waals surface area contributed by atoms with E-state index in [0.29, 0.717) is 0 Å². The summed E-state index contributed by atoms with van der Waals surface area (Å²) in [5, 5.41) is 0. The Labute approximate surface area is 77.7 Å². The molecule has 0 aliphatic carbocycles. The summed E-state index contributed by atoms with van der Waals surface area (Å²) in [6.45, 7) is -0.688. The largest absolute Gasteiger partial charge is 0.397 e. The maximum absolute atomic E-state index is 12.9. The van der Waals surface area contributed by atoms with E-state index in [4.69, 9.17) is 5.73 Å². The van der Waals surface area contributed by atoms with Crippen molar-refractivity contribution < 1.29 is 17.6 Å². The van der Waals surface area contributed by atoms with Crippen molar-refractivity contribution in [2.75, 3.05) is 6.54 Å². The van der Waals surface area contributed by atoms with Crippen LogP contribution in [0.5, 0.6) is 0 Å². The zero-order valence-electron chi connectivity index (χ0n) is 7.05. The van der Waals surface area contributed by atoms with Crippen molar-refractivity contribution in [3.05, 3.63) is 29.8 Å². The Morgan fingerprint density at radius 3 is 2.50 bits per heavy atom. The fourth-order valence-electron chi connectivity index (χ4n) is 1.10. The van der Waals surface area contributed by atoms with Crippen LogP contribution in [0.2, 0.25) is 0 Å². The molecule has 0 saturated heterocycles. The Hall–Kier alpha value is -1.17. The van der Waals surface area contributed by atoms with Crippen molar-refractivity contribution in [3.8, 4) is 0 Å². The van der Waals surface area contributed by atoms with E-state index in [9.17, 15) is 17.6 Å². The van der Waals surface area contributed by atoms with E-state index in [1.54, 1.807) is 0 Å². The van der Waals surface area contributed by atoms with Gasteiger partial charge in [0.2, 0.25) is 5.95 Å². The highest BCUT2D eigenvalue weighted by molar-refractivity contribution is 5.18. The number of aromatic nitrogens is 1. The molecule has 0 aromatic carbocycles. The van der Waals surface area contributed by atoms with Gasteiger partial charge in [-0.1, -0.05) is 6.07 Å². The van der Waals surface area contributed by atoms with Crippen LogP contribution in [0.25, 0.3) is 0 Å². The van der Waals surface area contributed by atoms with Crippen molar-refractivity contribution in [3.63, 3.8) is 0 Å². The summed E-state index contributed by atoms with van der Waals surface area (Å²) in [7, 11) is 0. The van der Waals surface area contributed by atoms with Gasteiger partial charge in [0, 0.05) is 18.3 Å². The van der Waals surface area contributed by atoms with Gasteiger partial charge in [-0.05, 0) is 6.07 Å². The van der Waals surface area contributed by atoms with Crippen LogP contribution >= 0.6 is 0 Å². The van der Waals surface area contributed by atoms with E-state index < -0.39 is 30.2 Å². The molecule has 1 aromatic heterocycles. The number of nitrogens with two attached hydrogens (primary N) is 1. The summed E-state index contributed by atoms with van der Waals surface area (Å²) in [6, 6.07) is 2.28. The molecule has 1 rings (SSSR count). The fraction of sp³-hybridized carbons (Fsp3) is 0.375. The van der Waals surface area contributed by atoms with Crippen LogP contribution < -0.4 is 5.73 Å². The molecule has 6 heteroatoms. The molecule has 1 heterocycles. The third-order valence-electron chi connectivity index (χ3n) is 1.79. The van der Waals surface area contributed by atoms with E-state index >= 15 is 0 Å². The Kier molecular flexibility index (Phi) is 3.05. The first kappa shape index (κ1) is 10.9. The van der Waals surface area contributed by atoms with Crippen LogP contribution in [0.4, 0.5) is 17.6 Å². The molecule has 2 nitrogen and oxygen atoms in total. The third kappa shape index (κ3) is 2.20. The van der Waals surface area contributed by atoms with Crippen molar-refractivity contribution in [1.29, 1.82) is 0 Å². The van der Waals surface area contributed by atoms with Crippen LogP contribution in [-0.4, -0.2) is 17.7 Å². The zero-order valence-corrected chi connectivity index (χ0v) is 7.05. The van der Waals surface area contributed by atoms with Gasteiger partial charge in [0.05, 0.1) is 5.92 Å². The van der Waals surface area contributed by atoms with Gasteiger partial charge in [0.15, 0.2) is 0 Å². The molecule has 1 unspecified atom stereocenters. The molecule has 0 saturated carbocycles. The van der Waals surface area contributed by atoms with Gasteiger partial charge in [0.1, 0.15) is 0 Å². The van der Waals surface area contributed by atoms with E-state index in [2.05, 4.69) is 4.98 Å². The van der Waals surface area contributed by atoms with Gasteiger partial charge in [0.25, 0.3) is 0 Å². The Bertz CT molecular complexity index is 310. The summed E-state index contributed by atoms with van der Waals surface area (Å²) in [6.07, 6.45) is -3.46. The third-order valence-corrected chi connectivity index (χ3v) is 1.79. The molecule has 2 N–H and O–H groups in total. The molecule has 0 aliphatic heterocycles. The van der Waals surface area contributed by atoms with Crippen molar-refractivity contribution in [2.24, 2.45) is 5.73 Å². The molecule has 0 aliphatic rings. The summed E-state index contributed by atoms with van der Waals surface area (Å²) < 4.78 is 49.8. The van der Waals surface area contributed by atoms with Crippen molar-refractivity contribution in [1.82, 2.24) is 4.98 Å². The van der Waals surface area contributed by atoms with Crippen LogP contribution in [0.15, 0.2) is 18.3 Å². The number of rotatable bonds is 2. The van der Waals surface area contributed by atoms with Crippen LogP contribution in [0.1, 0.15) is 11.5 Å². The fourth-order valence-corrected chi connectivity index (χ4v) is 1.10. The molecule has 0 radical (unpaired) electrons. The SMILES string of the molecule is NCC(c1cccnc1F)C(F)(F)F. The lowest BCUT2D eigenvalue weighted by atomic mass is 10.0. The quantitative estimate of drug-likeness (QED) is 0.594. The molecular weight excluding hydrogens is 200 g/mol. The Balaban J connectivity index is 3.08. The first-order chi connectivity index (χ1) is 6.46. The lowest BCUT2D eigenvalue weighted by molar-refractivity contribution is -0.148. The second-order valence-corrected chi connectivity index (χ2v) is 2.71. The molecular formula is C8H8F4N2. The molecule has 0 bridgehead atoms. The summed E-state index contributed by atoms with van der Waals surface area (Å²) in [5.41, 5.74) is 4.43. The second-order valence-electron chi connectivity index (χ2n) is 2.71. The number of pyridine rings is 1. The van der Waals surface area contributed by atoms with Crippen molar-refractivity contribution in [2.45, 2.75) is 12.1 Å². The lowest BCUT2D eigenvalue weighted by Crippen LogP contribution is -2.29. The maximum atomic E-state index is 12.9. The molecule has 78 valence electrons. The van der Waals surface area contributed by atoms with Crippen LogP contribution in [0, 0.1) is 5.95 Å². The normalized spacial score (nSPS) is 14.1. The minimum Gasteiger partial charge on any atom is -0.330 e. The first-order valence-electron chi connectivity index (χ1n) is 3.84. The smallest absolute Gasteiger partial charge is 0.330 e. The Morgan fingerprint density at radius 2 is 2.07 bits per heavy atom. The maximum Gasteiger partial charge on any atom is 0.397 e. The highest BCUT2D eigenvalue weighted by atomic mass is 19.4. The number of hydrogen-bond acceptors (Lipinski definition) is 2. The standard InChI is InChI=1S/C8H8F4N2/c9-7-5(2-1-3-14-7)6(4-13)8(10,11)12/h1-3,6H,4,13H2. The first-order valence-corrected chi connectivity index (χ1v) is 3.84. The monoisotopic (exact) mass is 208 g/mol. The number of hydrogen-bond donors (Lipinski definition) is 1. The van der Waals surface area contributed by atoms with Gasteiger partial charge in [-0.15, -0.1) is 0 Å². The van der Waals surface area contributed by atoms with Gasteiger partial charge in [-0.2, -0.15) is 17.6 Å². The number of nitrogens with zero attached hydrogens (tertiary/aromatic N) is 1. The molecule has 14 heavy (non-hydrogen) atoms. The highest BCUT2D eigenvalue weighted by Crippen LogP contribution is 2.34. The minimum absolute atomic E-state index is 0.512. The van der Waals surface area contributed by atoms with Gasteiger partial charge in [-0.25, -0.2) is 4.98 Å². The van der Waals surface area contributed by atoms with Gasteiger partial charge >= 0.3 is 6.18 Å². The zero-order chi connectivity index (χ0) is 10.8. The van der Waals surface area contributed by atoms with Crippen LogP contribution in [0.3, 0.4) is 0 Å². The average Bonchev–Trinajstić information content (AvgIpc) is 2.07. The molecule has 1 aromatic rings. The van der Waals surface area contributed by atoms with Crippen molar-refractivity contribution >= 4 is 0 Å². The highest BCUT2D eigenvalue weighted by Gasteiger charge is 2.41. The van der Waals surface area contributed by atoms with E-state index in [0.717, 1.165) is 12.3 Å². The summed E-state index contributed by atoms with van der Waals surface area (Å²) in [5.74, 6) is -3.11. The number of alkyl halides is 3. The summed E-state index contributed by atoms with van der Waals surface area (Å²) in [4.78, 5) is 3.14. The topological polar surface area (TPSA) is 38.9 Å². The summed E-state index contributed by atoms with van der Waals surface area (Å²) >= 11 is 0. The van der Waals surface area contributed by atoms with E-state index in [1.807, 2.05) is 0 Å². The molecule has 1 atom stereocenters. The Morgan fingerprint density at radius 1 is 1.43 bits per heavy atom. The van der Waals surface area contributed by atoms with Crippen LogP contribution in [-0.2, 0) is 0 Å². The average molecular weight is 208 g/mol. The number of halogens is 4. The van der Waals surface area contributed by atoms with Gasteiger partial charge < -0.3 is 5.73 Å². The minimum atomic E-state index is -4.54. The molecule has 0 amide bonds. The lowest BCUT2D eigenvalue weighted by Gasteiger charge is -2.18. The predicted molar refractivity (Wildman–Crippen MR) is 42.0 cm³/mol.